The summed E-state index contributed by atoms with van der Waals surface area (Å²) < 4.78 is 24.8. The van der Waals surface area contributed by atoms with E-state index in [0.717, 1.165) is 24.0 Å². The Kier molecular flexibility index (Phi) is 5.97. The van der Waals surface area contributed by atoms with Crippen LogP contribution in [-0.2, 0) is 4.74 Å². The lowest BCUT2D eigenvalue weighted by atomic mass is 10.1. The molecule has 6 nitrogen and oxygen atoms in total. The number of hydrogen-bond donors (Lipinski definition) is 0. The van der Waals surface area contributed by atoms with Gasteiger partial charge in [0.05, 0.1) is 11.6 Å². The van der Waals surface area contributed by atoms with Crippen LogP contribution in [-0.4, -0.2) is 40.3 Å². The normalized spacial score (nSPS) is 17.9. The predicted octanol–water partition coefficient (Wildman–Crippen LogP) is 4.41. The van der Waals surface area contributed by atoms with E-state index >= 15 is 0 Å². The van der Waals surface area contributed by atoms with E-state index in [2.05, 4.69) is 19.9 Å². The van der Waals surface area contributed by atoms with Gasteiger partial charge < -0.3 is 9.47 Å². The lowest BCUT2D eigenvalue weighted by molar-refractivity contribution is 0.171. The molecule has 1 aromatic carbocycles. The Morgan fingerprint density at radius 2 is 1.76 bits per heavy atom. The molecule has 3 aromatic rings. The molecule has 0 spiro atoms. The summed E-state index contributed by atoms with van der Waals surface area (Å²) in [5, 5.41) is 0.0997. The Bertz CT molecular complexity index is 972. The van der Waals surface area contributed by atoms with E-state index in [4.69, 9.17) is 21.1 Å². The smallest absolute Gasteiger partial charge is 0.197 e. The fraction of sp³-hybridized carbons (Fsp3) is 0.333. The van der Waals surface area contributed by atoms with Gasteiger partial charge in [-0.3, -0.25) is 0 Å². The zero-order valence-electron chi connectivity index (χ0n) is 15.9. The van der Waals surface area contributed by atoms with Crippen LogP contribution in [0.3, 0.4) is 0 Å². The van der Waals surface area contributed by atoms with Crippen molar-refractivity contribution in [1.29, 1.82) is 0 Å². The molecule has 0 bridgehead atoms. The van der Waals surface area contributed by atoms with E-state index in [1.807, 2.05) is 0 Å². The Balaban J connectivity index is 1.50. The second kappa shape index (κ2) is 8.80. The number of ether oxygens (including phenoxy) is 2. The third-order valence-corrected chi connectivity index (χ3v) is 5.15. The average molecular weight is 415 g/mol. The lowest BCUT2D eigenvalue weighted by Crippen LogP contribution is -2.04. The fourth-order valence-electron chi connectivity index (χ4n) is 3.31. The number of halogens is 2. The van der Waals surface area contributed by atoms with Gasteiger partial charge >= 0.3 is 0 Å². The summed E-state index contributed by atoms with van der Waals surface area (Å²) >= 11 is 6.03. The summed E-state index contributed by atoms with van der Waals surface area (Å²) in [6, 6.07) is 4.78. The van der Waals surface area contributed by atoms with Crippen molar-refractivity contribution in [2.24, 2.45) is 0 Å². The van der Waals surface area contributed by atoms with Crippen LogP contribution in [0.15, 0.2) is 43.0 Å². The topological polar surface area (TPSA) is 70.0 Å². The van der Waals surface area contributed by atoms with Gasteiger partial charge in [-0.1, -0.05) is 11.6 Å². The summed E-state index contributed by atoms with van der Waals surface area (Å²) in [6.45, 7) is 1.04. The summed E-state index contributed by atoms with van der Waals surface area (Å²) in [6.07, 6.45) is 8.54. The summed E-state index contributed by atoms with van der Waals surface area (Å²) in [4.78, 5) is 17.1. The predicted molar refractivity (Wildman–Crippen MR) is 107 cm³/mol. The second-order valence-electron chi connectivity index (χ2n) is 6.86. The molecule has 1 aliphatic carbocycles. The van der Waals surface area contributed by atoms with Gasteiger partial charge in [0, 0.05) is 51.0 Å². The van der Waals surface area contributed by atoms with Gasteiger partial charge in [-0.25, -0.2) is 24.3 Å². The monoisotopic (exact) mass is 414 g/mol. The first-order chi connectivity index (χ1) is 14.2. The minimum Gasteiger partial charge on any atom is -0.493 e. The van der Waals surface area contributed by atoms with E-state index in [-0.39, 0.29) is 16.9 Å². The Morgan fingerprint density at radius 3 is 2.48 bits per heavy atom. The molecule has 8 heteroatoms. The van der Waals surface area contributed by atoms with E-state index in [1.54, 1.807) is 44.0 Å². The number of nitrogens with zero attached hydrogens (tertiary/aromatic N) is 4. The van der Waals surface area contributed by atoms with E-state index < -0.39 is 5.82 Å². The first kappa shape index (κ1) is 19.7. The van der Waals surface area contributed by atoms with Crippen LogP contribution in [0.5, 0.6) is 5.75 Å². The highest BCUT2D eigenvalue weighted by atomic mass is 35.5. The van der Waals surface area contributed by atoms with Crippen LogP contribution in [0, 0.1) is 5.82 Å². The van der Waals surface area contributed by atoms with Crippen LogP contribution in [0.1, 0.15) is 35.8 Å². The van der Waals surface area contributed by atoms with Crippen LogP contribution >= 0.6 is 11.6 Å². The molecule has 2 unspecified atom stereocenters. The maximum Gasteiger partial charge on any atom is 0.197 e. The van der Waals surface area contributed by atoms with Crippen LogP contribution in [0.25, 0.3) is 11.6 Å². The zero-order chi connectivity index (χ0) is 20.2. The Labute approximate surface area is 173 Å². The third kappa shape index (κ3) is 4.52. The van der Waals surface area contributed by atoms with Gasteiger partial charge in [0.15, 0.2) is 11.6 Å². The fourth-order valence-corrected chi connectivity index (χ4v) is 3.48. The molecule has 0 amide bonds. The zero-order valence-corrected chi connectivity index (χ0v) is 16.6. The molecule has 4 rings (SSSR count). The molecule has 150 valence electrons. The largest absolute Gasteiger partial charge is 0.493 e. The molecule has 2 heterocycles. The van der Waals surface area contributed by atoms with Crippen molar-refractivity contribution in [3.63, 3.8) is 0 Å². The number of rotatable bonds is 8. The lowest BCUT2D eigenvalue weighted by Gasteiger charge is -2.13. The SMILES string of the molecule is COCCCOc1cc(F)c(Cl)cc1C1CC1c1cnc(-c2ncccn2)nc1. The summed E-state index contributed by atoms with van der Waals surface area (Å²) in [7, 11) is 1.64. The summed E-state index contributed by atoms with van der Waals surface area (Å²) in [5.41, 5.74) is 1.93. The Hall–Kier alpha value is -2.64. The molecule has 1 aliphatic rings. The van der Waals surface area contributed by atoms with Gasteiger partial charge in [0.2, 0.25) is 0 Å². The van der Waals surface area contributed by atoms with Gasteiger partial charge in [-0.15, -0.1) is 0 Å². The molecule has 0 radical (unpaired) electrons. The molecular formula is C21H20ClFN4O2. The molecular weight excluding hydrogens is 395 g/mol. The van der Waals surface area contributed by atoms with Crippen molar-refractivity contribution in [3.05, 3.63) is 65.0 Å². The molecule has 29 heavy (non-hydrogen) atoms. The molecule has 1 fully saturated rings. The molecule has 0 aliphatic heterocycles. The summed E-state index contributed by atoms with van der Waals surface area (Å²) in [5.74, 6) is 1.45. The molecule has 0 N–H and O–H groups in total. The first-order valence-electron chi connectivity index (χ1n) is 9.37. The minimum atomic E-state index is -0.482. The van der Waals surface area contributed by atoms with E-state index in [1.165, 1.54) is 6.07 Å². The maximum atomic E-state index is 14.0. The van der Waals surface area contributed by atoms with Gasteiger partial charge in [-0.05, 0) is 41.5 Å². The quantitative estimate of drug-likeness (QED) is 0.508. The van der Waals surface area contributed by atoms with Crippen molar-refractivity contribution < 1.29 is 13.9 Å². The van der Waals surface area contributed by atoms with Crippen molar-refractivity contribution in [2.45, 2.75) is 24.7 Å². The number of methoxy groups -OCH3 is 1. The standard InChI is InChI=1S/C21H20ClFN4O2/c1-28-6-3-7-29-19-10-18(23)17(22)9-16(19)15-8-14(15)13-11-26-21(27-12-13)20-24-4-2-5-25-20/h2,4-5,9-12,14-15H,3,6-8H2,1H3. The van der Waals surface area contributed by atoms with Crippen molar-refractivity contribution in [3.8, 4) is 17.4 Å². The molecule has 0 saturated heterocycles. The van der Waals surface area contributed by atoms with E-state index in [0.29, 0.717) is 30.6 Å². The van der Waals surface area contributed by atoms with Crippen molar-refractivity contribution in [2.75, 3.05) is 20.3 Å². The van der Waals surface area contributed by atoms with Crippen molar-refractivity contribution in [1.82, 2.24) is 19.9 Å². The minimum absolute atomic E-state index is 0.0997. The maximum absolute atomic E-state index is 14.0. The number of aromatic nitrogens is 4. The van der Waals surface area contributed by atoms with Gasteiger partial charge in [0.1, 0.15) is 11.6 Å². The molecule has 2 atom stereocenters. The molecule has 1 saturated carbocycles. The highest BCUT2D eigenvalue weighted by Gasteiger charge is 2.42. The van der Waals surface area contributed by atoms with E-state index in [9.17, 15) is 4.39 Å². The van der Waals surface area contributed by atoms with Crippen LogP contribution in [0.4, 0.5) is 4.39 Å². The third-order valence-electron chi connectivity index (χ3n) is 4.86. The average Bonchev–Trinajstić information content (AvgIpc) is 3.55. The first-order valence-corrected chi connectivity index (χ1v) is 9.75. The number of benzene rings is 1. The number of hydrogen-bond acceptors (Lipinski definition) is 6. The molecule has 2 aromatic heterocycles. The second-order valence-corrected chi connectivity index (χ2v) is 7.27. The van der Waals surface area contributed by atoms with Gasteiger partial charge in [0.25, 0.3) is 0 Å². The van der Waals surface area contributed by atoms with Crippen molar-refractivity contribution >= 4 is 11.6 Å². The van der Waals surface area contributed by atoms with Crippen LogP contribution < -0.4 is 4.74 Å². The highest BCUT2D eigenvalue weighted by Crippen LogP contribution is 2.57. The Morgan fingerprint density at radius 1 is 1.03 bits per heavy atom. The highest BCUT2D eigenvalue weighted by molar-refractivity contribution is 6.30. The van der Waals surface area contributed by atoms with Gasteiger partial charge in [-0.2, -0.15) is 0 Å². The van der Waals surface area contributed by atoms with Crippen LogP contribution in [0.2, 0.25) is 5.02 Å².